The van der Waals surface area contributed by atoms with Crippen LogP contribution in [0.4, 0.5) is 5.69 Å². The van der Waals surface area contributed by atoms with Crippen molar-refractivity contribution < 1.29 is 9.53 Å². The minimum Gasteiger partial charge on any atom is -0.493 e. The first kappa shape index (κ1) is 21.9. The Hall–Kier alpha value is -2.43. The number of rotatable bonds is 8. The lowest BCUT2D eigenvalue weighted by atomic mass is 10.2. The molecule has 7 heteroatoms. The normalized spacial score (nSPS) is 10.0. The predicted octanol–water partition coefficient (Wildman–Crippen LogP) is 5.41. The van der Waals surface area contributed by atoms with Gasteiger partial charge in [0.05, 0.1) is 23.8 Å². The van der Waals surface area contributed by atoms with Crippen molar-refractivity contribution in [3.8, 4) is 11.8 Å². The van der Waals surface area contributed by atoms with Gasteiger partial charge in [-0.3, -0.25) is 10.1 Å². The Balaban J connectivity index is 1.98. The van der Waals surface area contributed by atoms with Crippen LogP contribution in [0.2, 0.25) is 0 Å². The molecular formula is C21H22BrN3O2S. The van der Waals surface area contributed by atoms with Crippen LogP contribution >= 0.6 is 28.1 Å². The molecule has 146 valence electrons. The lowest BCUT2D eigenvalue weighted by Gasteiger charge is -2.13. The molecule has 0 bridgehead atoms. The van der Waals surface area contributed by atoms with Gasteiger partial charge >= 0.3 is 0 Å². The Morgan fingerprint density at radius 2 is 1.93 bits per heavy atom. The van der Waals surface area contributed by atoms with Crippen molar-refractivity contribution in [3.05, 3.63) is 58.1 Å². The van der Waals surface area contributed by atoms with Crippen LogP contribution in [0.3, 0.4) is 0 Å². The van der Waals surface area contributed by atoms with E-state index in [2.05, 4.69) is 39.6 Å². The predicted molar refractivity (Wildman–Crippen MR) is 119 cm³/mol. The number of carbonyl (C=O) groups excluding carboxylic acids is 1. The molecule has 0 saturated heterocycles. The molecule has 2 aromatic rings. The number of amides is 1. The molecule has 2 aromatic carbocycles. The minimum absolute atomic E-state index is 0.170. The largest absolute Gasteiger partial charge is 0.493 e. The third-order valence-corrected chi connectivity index (χ3v) is 4.64. The molecule has 0 unspecified atom stereocenters. The highest BCUT2D eigenvalue weighted by atomic mass is 79.9. The number of benzene rings is 2. The molecule has 0 spiro atoms. The number of nitrogens with zero attached hydrogens (tertiary/aromatic N) is 1. The van der Waals surface area contributed by atoms with Crippen molar-refractivity contribution in [2.75, 3.05) is 11.9 Å². The quantitative estimate of drug-likeness (QED) is 0.407. The van der Waals surface area contributed by atoms with Gasteiger partial charge < -0.3 is 10.1 Å². The van der Waals surface area contributed by atoms with Gasteiger partial charge in [-0.05, 0) is 61.1 Å². The summed E-state index contributed by atoms with van der Waals surface area (Å²) in [6.07, 6.45) is 4.39. The number of nitrogens with one attached hydrogen (secondary N) is 2. The summed E-state index contributed by atoms with van der Waals surface area (Å²) < 4.78 is 6.59. The van der Waals surface area contributed by atoms with Gasteiger partial charge in [-0.15, -0.1) is 0 Å². The van der Waals surface area contributed by atoms with E-state index in [9.17, 15) is 4.79 Å². The standard InChI is InChI=1S/C21H22BrN3O2S/c1-2-3-4-5-12-27-19-11-8-16(22)13-18(19)20(26)25-21(28)24-17-9-6-15(14-23)7-10-17/h6-11,13H,2-5,12H2,1H3,(H2,24,25,26,28). The molecule has 0 aliphatic carbocycles. The highest BCUT2D eigenvalue weighted by Crippen LogP contribution is 2.24. The SMILES string of the molecule is CCCCCCOc1ccc(Br)cc1C(=O)NC(=S)Nc1ccc(C#N)cc1. The fourth-order valence-electron chi connectivity index (χ4n) is 2.48. The molecule has 0 atom stereocenters. The number of unbranched alkanes of at least 4 members (excludes halogenated alkanes) is 3. The Morgan fingerprint density at radius 3 is 2.61 bits per heavy atom. The van der Waals surface area contributed by atoms with E-state index in [1.54, 1.807) is 36.4 Å². The van der Waals surface area contributed by atoms with Gasteiger partial charge in [0.15, 0.2) is 5.11 Å². The molecule has 5 nitrogen and oxygen atoms in total. The summed E-state index contributed by atoms with van der Waals surface area (Å²) in [4.78, 5) is 12.7. The monoisotopic (exact) mass is 459 g/mol. The van der Waals surface area contributed by atoms with Crippen molar-refractivity contribution in [2.45, 2.75) is 32.6 Å². The maximum absolute atomic E-state index is 12.7. The van der Waals surface area contributed by atoms with E-state index in [4.69, 9.17) is 22.2 Å². The van der Waals surface area contributed by atoms with Crippen LogP contribution in [0.5, 0.6) is 5.75 Å². The molecule has 0 heterocycles. The molecule has 2 N–H and O–H groups in total. The zero-order valence-electron chi connectivity index (χ0n) is 15.6. The average molecular weight is 460 g/mol. The summed E-state index contributed by atoms with van der Waals surface area (Å²) in [6, 6.07) is 14.2. The van der Waals surface area contributed by atoms with Crippen molar-refractivity contribution in [1.29, 1.82) is 5.26 Å². The molecule has 0 aromatic heterocycles. The van der Waals surface area contributed by atoms with E-state index in [0.717, 1.165) is 23.7 Å². The summed E-state index contributed by atoms with van der Waals surface area (Å²) in [5.41, 5.74) is 1.65. The van der Waals surface area contributed by atoms with Crippen LogP contribution in [-0.4, -0.2) is 17.6 Å². The Labute approximate surface area is 179 Å². The maximum Gasteiger partial charge on any atom is 0.261 e. The van der Waals surface area contributed by atoms with Gasteiger partial charge in [0.2, 0.25) is 0 Å². The Bertz CT molecular complexity index is 863. The van der Waals surface area contributed by atoms with Crippen LogP contribution < -0.4 is 15.4 Å². The van der Waals surface area contributed by atoms with Gasteiger partial charge in [0.25, 0.3) is 5.91 Å². The molecule has 1 amide bonds. The summed E-state index contributed by atoms with van der Waals surface area (Å²) in [6.45, 7) is 2.72. The second kappa shape index (κ2) is 11.4. The van der Waals surface area contributed by atoms with E-state index in [1.807, 2.05) is 6.07 Å². The molecule has 28 heavy (non-hydrogen) atoms. The number of carbonyl (C=O) groups is 1. The number of hydrogen-bond donors (Lipinski definition) is 2. The number of hydrogen-bond acceptors (Lipinski definition) is 4. The van der Waals surface area contributed by atoms with Crippen LogP contribution in [0.25, 0.3) is 0 Å². The van der Waals surface area contributed by atoms with Crippen LogP contribution in [0.15, 0.2) is 46.9 Å². The zero-order chi connectivity index (χ0) is 20.4. The molecule has 0 aliphatic rings. The van der Waals surface area contributed by atoms with Crippen LogP contribution in [0.1, 0.15) is 48.5 Å². The highest BCUT2D eigenvalue weighted by molar-refractivity contribution is 9.10. The summed E-state index contributed by atoms with van der Waals surface area (Å²) in [5, 5.41) is 14.6. The van der Waals surface area contributed by atoms with E-state index >= 15 is 0 Å². The summed E-state index contributed by atoms with van der Waals surface area (Å²) >= 11 is 8.61. The van der Waals surface area contributed by atoms with Gasteiger partial charge in [0.1, 0.15) is 5.75 Å². The van der Waals surface area contributed by atoms with E-state index in [-0.39, 0.29) is 11.0 Å². The Kier molecular flexibility index (Phi) is 8.92. The summed E-state index contributed by atoms with van der Waals surface area (Å²) in [7, 11) is 0. The summed E-state index contributed by atoms with van der Waals surface area (Å²) in [5.74, 6) is 0.175. The Morgan fingerprint density at radius 1 is 1.18 bits per heavy atom. The number of halogens is 1. The third kappa shape index (κ3) is 6.95. The molecular weight excluding hydrogens is 438 g/mol. The second-order valence-electron chi connectivity index (χ2n) is 6.15. The van der Waals surface area contributed by atoms with Gasteiger partial charge in [0, 0.05) is 10.2 Å². The van der Waals surface area contributed by atoms with E-state index in [1.165, 1.54) is 6.42 Å². The molecule has 2 rings (SSSR count). The van der Waals surface area contributed by atoms with Gasteiger partial charge in [-0.1, -0.05) is 42.1 Å². The third-order valence-electron chi connectivity index (χ3n) is 3.94. The van der Waals surface area contributed by atoms with E-state index < -0.39 is 0 Å². The highest BCUT2D eigenvalue weighted by Gasteiger charge is 2.15. The minimum atomic E-state index is -0.351. The number of thiocarbonyl (C=S) groups is 1. The van der Waals surface area contributed by atoms with Crippen molar-refractivity contribution >= 4 is 44.9 Å². The zero-order valence-corrected chi connectivity index (χ0v) is 18.0. The maximum atomic E-state index is 12.7. The topological polar surface area (TPSA) is 74.2 Å². The van der Waals surface area contributed by atoms with Crippen LogP contribution in [0, 0.1) is 11.3 Å². The second-order valence-corrected chi connectivity index (χ2v) is 7.47. The number of nitriles is 1. The van der Waals surface area contributed by atoms with Crippen molar-refractivity contribution in [1.82, 2.24) is 5.32 Å². The van der Waals surface area contributed by atoms with Gasteiger partial charge in [-0.25, -0.2) is 0 Å². The van der Waals surface area contributed by atoms with Crippen molar-refractivity contribution in [3.63, 3.8) is 0 Å². The van der Waals surface area contributed by atoms with E-state index in [0.29, 0.717) is 29.2 Å². The number of anilines is 1. The fourth-order valence-corrected chi connectivity index (χ4v) is 3.05. The lowest BCUT2D eigenvalue weighted by Crippen LogP contribution is -2.34. The molecule has 0 aliphatic heterocycles. The molecule has 0 radical (unpaired) electrons. The number of ether oxygens (including phenoxy) is 1. The van der Waals surface area contributed by atoms with Crippen LogP contribution in [-0.2, 0) is 0 Å². The molecule has 0 saturated carbocycles. The first-order valence-corrected chi connectivity index (χ1v) is 10.3. The van der Waals surface area contributed by atoms with Gasteiger partial charge in [-0.2, -0.15) is 5.26 Å². The van der Waals surface area contributed by atoms with Crippen molar-refractivity contribution in [2.24, 2.45) is 0 Å². The first-order chi connectivity index (χ1) is 13.5. The lowest BCUT2D eigenvalue weighted by molar-refractivity contribution is 0.0973. The average Bonchev–Trinajstić information content (AvgIpc) is 2.69. The first-order valence-electron chi connectivity index (χ1n) is 9.08. The smallest absolute Gasteiger partial charge is 0.261 e. The fraction of sp³-hybridized carbons (Fsp3) is 0.286. The molecule has 0 fully saturated rings.